The van der Waals surface area contributed by atoms with Gasteiger partial charge in [-0.3, -0.25) is 9.69 Å². The standard InChI is InChI=1S/C15H18N4O3S/c1-2-15(20)19-9-7-18(8-10-19)11-14-16-12-5-3-4-6-13(12)23(21,22)17-14/h2-6H,1,7-11H2,(H,16,17). The van der Waals surface area contributed by atoms with E-state index in [9.17, 15) is 13.2 Å². The van der Waals surface area contributed by atoms with Crippen molar-refractivity contribution in [3.05, 3.63) is 36.9 Å². The summed E-state index contributed by atoms with van der Waals surface area (Å²) in [4.78, 5) is 15.6. The van der Waals surface area contributed by atoms with E-state index in [0.717, 1.165) is 0 Å². The van der Waals surface area contributed by atoms with Crippen molar-refractivity contribution in [1.82, 2.24) is 9.80 Å². The Kier molecular flexibility index (Phi) is 4.18. The number of nitrogens with one attached hydrogen (secondary N) is 1. The second-order valence-electron chi connectivity index (χ2n) is 5.44. The molecule has 0 radical (unpaired) electrons. The molecule has 0 atom stereocenters. The van der Waals surface area contributed by atoms with Crippen molar-refractivity contribution < 1.29 is 13.2 Å². The maximum atomic E-state index is 12.2. The van der Waals surface area contributed by atoms with Gasteiger partial charge in [0, 0.05) is 26.2 Å². The molecule has 0 saturated carbocycles. The van der Waals surface area contributed by atoms with E-state index in [1.165, 1.54) is 12.1 Å². The smallest absolute Gasteiger partial charge is 0.286 e. The second kappa shape index (κ2) is 6.13. The van der Waals surface area contributed by atoms with E-state index in [2.05, 4.69) is 21.2 Å². The summed E-state index contributed by atoms with van der Waals surface area (Å²) in [5, 5.41) is 3.08. The molecule has 1 saturated heterocycles. The van der Waals surface area contributed by atoms with Crippen molar-refractivity contribution in [2.24, 2.45) is 4.40 Å². The zero-order valence-corrected chi connectivity index (χ0v) is 13.4. The molecule has 2 aliphatic heterocycles. The monoisotopic (exact) mass is 334 g/mol. The van der Waals surface area contributed by atoms with Crippen molar-refractivity contribution in [3.8, 4) is 0 Å². The fraction of sp³-hybridized carbons (Fsp3) is 0.333. The number of nitrogens with zero attached hydrogens (tertiary/aromatic N) is 3. The van der Waals surface area contributed by atoms with Crippen molar-refractivity contribution in [1.29, 1.82) is 0 Å². The van der Waals surface area contributed by atoms with Gasteiger partial charge in [-0.15, -0.1) is 4.40 Å². The Bertz CT molecular complexity index is 765. The van der Waals surface area contributed by atoms with Gasteiger partial charge < -0.3 is 10.2 Å². The van der Waals surface area contributed by atoms with Gasteiger partial charge in [-0.25, -0.2) is 0 Å². The zero-order chi connectivity index (χ0) is 16.4. The van der Waals surface area contributed by atoms with Crippen LogP contribution in [0.15, 0.2) is 46.2 Å². The lowest BCUT2D eigenvalue weighted by molar-refractivity contribution is -0.127. The summed E-state index contributed by atoms with van der Waals surface area (Å²) in [6.45, 7) is 6.43. The molecule has 7 nitrogen and oxygen atoms in total. The third-order valence-electron chi connectivity index (χ3n) is 3.91. The van der Waals surface area contributed by atoms with Gasteiger partial charge in [0.05, 0.1) is 12.2 Å². The van der Waals surface area contributed by atoms with Crippen LogP contribution in [0.2, 0.25) is 0 Å². The molecule has 1 aromatic rings. The molecule has 23 heavy (non-hydrogen) atoms. The average molecular weight is 334 g/mol. The molecule has 3 rings (SSSR count). The third kappa shape index (κ3) is 3.27. The number of carbonyl (C=O) groups excluding carboxylic acids is 1. The molecular weight excluding hydrogens is 316 g/mol. The first-order valence-corrected chi connectivity index (χ1v) is 8.77. The molecule has 1 fully saturated rings. The van der Waals surface area contributed by atoms with Gasteiger partial charge in [-0.2, -0.15) is 8.42 Å². The highest BCUT2D eigenvalue weighted by atomic mass is 32.2. The number of anilines is 1. The molecule has 0 bridgehead atoms. The Labute approximate surface area is 135 Å². The number of fused-ring (bicyclic) bond motifs is 1. The van der Waals surface area contributed by atoms with Gasteiger partial charge in [0.1, 0.15) is 10.7 Å². The van der Waals surface area contributed by atoms with Gasteiger partial charge in [0.25, 0.3) is 10.0 Å². The van der Waals surface area contributed by atoms with Gasteiger partial charge in [0.2, 0.25) is 5.91 Å². The summed E-state index contributed by atoms with van der Waals surface area (Å²) in [7, 11) is -3.65. The largest absolute Gasteiger partial charge is 0.341 e. The van der Waals surface area contributed by atoms with Crippen LogP contribution in [0.3, 0.4) is 0 Å². The molecule has 0 spiro atoms. The minimum absolute atomic E-state index is 0.0747. The summed E-state index contributed by atoms with van der Waals surface area (Å²) < 4.78 is 28.2. The maximum Gasteiger partial charge on any atom is 0.286 e. The van der Waals surface area contributed by atoms with Crippen molar-refractivity contribution in [2.45, 2.75) is 4.90 Å². The molecular formula is C15H18N4O3S. The minimum Gasteiger partial charge on any atom is -0.341 e. The molecule has 0 unspecified atom stereocenters. The Balaban J connectivity index is 1.68. The quantitative estimate of drug-likeness (QED) is 0.816. The number of para-hydroxylation sites is 1. The van der Waals surface area contributed by atoms with Crippen LogP contribution in [0.25, 0.3) is 0 Å². The van der Waals surface area contributed by atoms with Crippen molar-refractivity contribution >= 4 is 27.5 Å². The summed E-state index contributed by atoms with van der Waals surface area (Å²) in [5.74, 6) is 0.335. The highest BCUT2D eigenvalue weighted by molar-refractivity contribution is 7.90. The lowest BCUT2D eigenvalue weighted by Gasteiger charge is -2.34. The highest BCUT2D eigenvalue weighted by Crippen LogP contribution is 2.26. The van der Waals surface area contributed by atoms with Crippen LogP contribution in [0, 0.1) is 0 Å². The number of benzene rings is 1. The van der Waals surface area contributed by atoms with Crippen LogP contribution in [0.4, 0.5) is 5.69 Å². The van der Waals surface area contributed by atoms with E-state index in [1.54, 1.807) is 23.1 Å². The first kappa shape index (κ1) is 15.7. The number of carbonyl (C=O) groups is 1. The van der Waals surface area contributed by atoms with E-state index < -0.39 is 10.0 Å². The Morgan fingerprint density at radius 3 is 2.65 bits per heavy atom. The van der Waals surface area contributed by atoms with Crippen LogP contribution in [0.5, 0.6) is 0 Å². The topological polar surface area (TPSA) is 82.1 Å². The first-order chi connectivity index (χ1) is 11.0. The molecule has 1 amide bonds. The molecule has 122 valence electrons. The SMILES string of the molecule is C=CC(=O)N1CCN(CC2=NS(=O)(=O)c3ccccc3N2)CC1. The first-order valence-electron chi connectivity index (χ1n) is 7.33. The Morgan fingerprint density at radius 2 is 1.96 bits per heavy atom. The van der Waals surface area contributed by atoms with Crippen LogP contribution in [-0.2, 0) is 14.8 Å². The fourth-order valence-electron chi connectivity index (χ4n) is 2.70. The normalized spacial score (nSPS) is 20.2. The molecule has 1 N–H and O–H groups in total. The molecule has 0 aliphatic carbocycles. The number of rotatable bonds is 3. The fourth-order valence-corrected chi connectivity index (χ4v) is 3.84. The van der Waals surface area contributed by atoms with Gasteiger partial charge in [-0.1, -0.05) is 18.7 Å². The molecule has 2 heterocycles. The van der Waals surface area contributed by atoms with E-state index in [1.807, 2.05) is 0 Å². The van der Waals surface area contributed by atoms with Crippen molar-refractivity contribution in [2.75, 3.05) is 38.0 Å². The highest BCUT2D eigenvalue weighted by Gasteiger charge is 2.26. The molecule has 0 aromatic heterocycles. The summed E-state index contributed by atoms with van der Waals surface area (Å²) in [5.41, 5.74) is 0.554. The summed E-state index contributed by atoms with van der Waals surface area (Å²) in [6.07, 6.45) is 1.31. The maximum absolute atomic E-state index is 12.2. The summed E-state index contributed by atoms with van der Waals surface area (Å²) in [6, 6.07) is 6.72. The number of amides is 1. The van der Waals surface area contributed by atoms with E-state index >= 15 is 0 Å². The number of piperazine rings is 1. The number of sulfonamides is 1. The van der Waals surface area contributed by atoms with E-state index in [4.69, 9.17) is 0 Å². The van der Waals surface area contributed by atoms with Crippen LogP contribution in [-0.4, -0.2) is 62.7 Å². The van der Waals surface area contributed by atoms with E-state index in [-0.39, 0.29) is 10.8 Å². The minimum atomic E-state index is -3.65. The summed E-state index contributed by atoms with van der Waals surface area (Å²) >= 11 is 0. The van der Waals surface area contributed by atoms with E-state index in [0.29, 0.717) is 44.2 Å². The average Bonchev–Trinajstić information content (AvgIpc) is 2.54. The second-order valence-corrected chi connectivity index (χ2v) is 7.01. The van der Waals surface area contributed by atoms with Crippen molar-refractivity contribution in [3.63, 3.8) is 0 Å². The van der Waals surface area contributed by atoms with Crippen LogP contribution >= 0.6 is 0 Å². The Morgan fingerprint density at radius 1 is 1.26 bits per heavy atom. The number of hydrogen-bond acceptors (Lipinski definition) is 5. The van der Waals surface area contributed by atoms with Gasteiger partial charge in [0.15, 0.2) is 0 Å². The lowest BCUT2D eigenvalue weighted by atomic mass is 10.3. The predicted molar refractivity (Wildman–Crippen MR) is 87.9 cm³/mol. The van der Waals surface area contributed by atoms with Crippen LogP contribution in [0.1, 0.15) is 0 Å². The molecule has 8 heteroatoms. The molecule has 2 aliphatic rings. The van der Waals surface area contributed by atoms with Gasteiger partial charge in [-0.05, 0) is 18.2 Å². The third-order valence-corrected chi connectivity index (χ3v) is 5.28. The molecule has 1 aromatic carbocycles. The van der Waals surface area contributed by atoms with Crippen LogP contribution < -0.4 is 5.32 Å². The lowest BCUT2D eigenvalue weighted by Crippen LogP contribution is -2.50. The van der Waals surface area contributed by atoms with Gasteiger partial charge >= 0.3 is 0 Å². The number of amidine groups is 1. The Hall–Kier alpha value is -2.19. The predicted octanol–water partition coefficient (Wildman–Crippen LogP) is 0.529. The number of hydrogen-bond donors (Lipinski definition) is 1. The zero-order valence-electron chi connectivity index (χ0n) is 12.6.